The number of amides is 1. The Morgan fingerprint density at radius 2 is 1.93 bits per heavy atom. The number of benzene rings is 2. The highest BCUT2D eigenvalue weighted by molar-refractivity contribution is 5.77. The minimum absolute atomic E-state index is 0.383. The molecule has 1 fully saturated rings. The monoisotopic (exact) mass is 406 g/mol. The standard InChI is InChI=1S/C24H30N4O2/c1-2-3-19-12-20(18-6-4-17(5-7-18)15-27-24(30)16-29)13-23(22(19)14-25)28-21-8-10-26-11-9-21/h2-7,12-14,21,26,28-29H,1,8-11,15-16,25H2,(H,27,30)/b19-3-,22-14+. The first-order valence-electron chi connectivity index (χ1n) is 10.3. The summed E-state index contributed by atoms with van der Waals surface area (Å²) in [6.07, 6.45) is 7.53. The Morgan fingerprint density at radius 3 is 2.57 bits per heavy atom. The summed E-state index contributed by atoms with van der Waals surface area (Å²) < 4.78 is 0. The number of nitrogens with one attached hydrogen (secondary N) is 3. The van der Waals surface area contributed by atoms with Crippen molar-refractivity contribution in [1.29, 1.82) is 0 Å². The highest BCUT2D eigenvalue weighted by atomic mass is 16.3. The molecule has 0 saturated carbocycles. The van der Waals surface area contributed by atoms with E-state index in [2.05, 4.69) is 34.7 Å². The molecule has 1 heterocycles. The van der Waals surface area contributed by atoms with Crippen molar-refractivity contribution in [3.8, 4) is 11.1 Å². The second kappa shape index (κ2) is 10.6. The van der Waals surface area contributed by atoms with Crippen LogP contribution in [0.2, 0.25) is 0 Å². The third-order valence-electron chi connectivity index (χ3n) is 5.30. The Hall–Kier alpha value is -3.09. The van der Waals surface area contributed by atoms with Gasteiger partial charge in [0, 0.05) is 29.7 Å². The molecule has 0 bridgehead atoms. The molecule has 2 aromatic carbocycles. The fraction of sp³-hybridized carbons (Fsp3) is 0.292. The number of hydrogen-bond donors (Lipinski definition) is 5. The van der Waals surface area contributed by atoms with Crippen molar-refractivity contribution in [2.45, 2.75) is 25.4 Å². The third-order valence-corrected chi connectivity index (χ3v) is 5.30. The second-order valence-corrected chi connectivity index (χ2v) is 7.40. The number of allylic oxidation sites excluding steroid dienone is 1. The predicted molar refractivity (Wildman–Crippen MR) is 123 cm³/mol. The summed E-state index contributed by atoms with van der Waals surface area (Å²) in [7, 11) is 0. The van der Waals surface area contributed by atoms with Crippen molar-refractivity contribution in [3.05, 3.63) is 65.1 Å². The van der Waals surface area contributed by atoms with E-state index in [1.54, 1.807) is 12.3 Å². The van der Waals surface area contributed by atoms with E-state index in [0.717, 1.165) is 58.7 Å². The van der Waals surface area contributed by atoms with Crippen molar-refractivity contribution in [3.63, 3.8) is 0 Å². The number of carbonyl (C=O) groups is 1. The average Bonchev–Trinajstić information content (AvgIpc) is 2.78. The normalized spacial score (nSPS) is 15.8. The topological polar surface area (TPSA) is 99.4 Å². The molecule has 0 unspecified atom stereocenters. The average molecular weight is 407 g/mol. The largest absolute Gasteiger partial charge is 0.404 e. The van der Waals surface area contributed by atoms with Crippen LogP contribution in [0.4, 0.5) is 5.69 Å². The smallest absolute Gasteiger partial charge is 0.245 e. The van der Waals surface area contributed by atoms with E-state index >= 15 is 0 Å². The van der Waals surface area contributed by atoms with Gasteiger partial charge in [0.25, 0.3) is 0 Å². The van der Waals surface area contributed by atoms with Crippen LogP contribution in [0.3, 0.4) is 0 Å². The molecular formula is C24H30N4O2. The molecule has 0 spiro atoms. The zero-order chi connectivity index (χ0) is 21.3. The maximum atomic E-state index is 11.2. The summed E-state index contributed by atoms with van der Waals surface area (Å²) in [6, 6.07) is 12.7. The molecule has 1 amide bonds. The molecule has 6 nitrogen and oxygen atoms in total. The van der Waals surface area contributed by atoms with Gasteiger partial charge in [-0.3, -0.25) is 4.79 Å². The van der Waals surface area contributed by atoms with Gasteiger partial charge >= 0.3 is 0 Å². The van der Waals surface area contributed by atoms with E-state index in [0.29, 0.717) is 12.6 Å². The van der Waals surface area contributed by atoms with Crippen LogP contribution in [0.25, 0.3) is 23.4 Å². The van der Waals surface area contributed by atoms with Crippen LogP contribution in [0.15, 0.2) is 49.1 Å². The Morgan fingerprint density at radius 1 is 1.20 bits per heavy atom. The summed E-state index contributed by atoms with van der Waals surface area (Å²) >= 11 is 0. The number of nitrogens with two attached hydrogens (primary N) is 1. The molecule has 1 aliphatic rings. The van der Waals surface area contributed by atoms with Gasteiger partial charge in [0.2, 0.25) is 5.91 Å². The van der Waals surface area contributed by atoms with Crippen LogP contribution in [0.1, 0.15) is 18.4 Å². The molecule has 2 aromatic rings. The highest BCUT2D eigenvalue weighted by Crippen LogP contribution is 2.21. The molecule has 1 saturated heterocycles. The van der Waals surface area contributed by atoms with Crippen LogP contribution >= 0.6 is 0 Å². The number of aliphatic hydroxyl groups excluding tert-OH is 1. The lowest BCUT2D eigenvalue weighted by Crippen LogP contribution is -2.38. The molecule has 0 aliphatic carbocycles. The van der Waals surface area contributed by atoms with Crippen LogP contribution in [0.5, 0.6) is 0 Å². The summed E-state index contributed by atoms with van der Waals surface area (Å²) in [5, 5.41) is 20.5. The molecule has 6 heteroatoms. The third kappa shape index (κ3) is 5.49. The second-order valence-electron chi connectivity index (χ2n) is 7.40. The van der Waals surface area contributed by atoms with Gasteiger partial charge in [0.1, 0.15) is 6.61 Å². The fourth-order valence-electron chi connectivity index (χ4n) is 3.67. The minimum Gasteiger partial charge on any atom is -0.404 e. The van der Waals surface area contributed by atoms with Crippen LogP contribution in [-0.2, 0) is 11.3 Å². The number of hydrogen-bond acceptors (Lipinski definition) is 5. The van der Waals surface area contributed by atoms with Crippen molar-refractivity contribution >= 4 is 23.9 Å². The van der Waals surface area contributed by atoms with Gasteiger partial charge in [0.05, 0.1) is 0 Å². The summed E-state index contributed by atoms with van der Waals surface area (Å²) in [6.45, 7) is 5.75. The lowest BCUT2D eigenvalue weighted by molar-refractivity contribution is -0.123. The molecule has 6 N–H and O–H groups in total. The Bertz CT molecular complexity index is 993. The molecule has 0 radical (unpaired) electrons. The number of rotatable bonds is 7. The number of piperidine rings is 1. The van der Waals surface area contributed by atoms with Gasteiger partial charge in [-0.05, 0) is 60.0 Å². The zero-order valence-electron chi connectivity index (χ0n) is 17.2. The molecule has 0 aromatic heterocycles. The lowest BCUT2D eigenvalue weighted by Gasteiger charge is -2.25. The first-order valence-corrected chi connectivity index (χ1v) is 10.3. The molecular weight excluding hydrogens is 376 g/mol. The van der Waals surface area contributed by atoms with Crippen molar-refractivity contribution in [2.75, 3.05) is 25.0 Å². The van der Waals surface area contributed by atoms with Crippen LogP contribution in [0, 0.1) is 0 Å². The maximum absolute atomic E-state index is 11.2. The van der Waals surface area contributed by atoms with Gasteiger partial charge in [-0.15, -0.1) is 0 Å². The number of anilines is 1. The molecule has 30 heavy (non-hydrogen) atoms. The quantitative estimate of drug-likeness (QED) is 0.468. The van der Waals surface area contributed by atoms with E-state index in [1.807, 2.05) is 30.3 Å². The molecule has 0 atom stereocenters. The van der Waals surface area contributed by atoms with E-state index in [1.165, 1.54) is 0 Å². The summed E-state index contributed by atoms with van der Waals surface area (Å²) in [4.78, 5) is 11.2. The van der Waals surface area contributed by atoms with Crippen LogP contribution in [-0.4, -0.2) is 36.8 Å². The Labute approximate surface area is 177 Å². The molecule has 3 rings (SSSR count). The van der Waals surface area contributed by atoms with Crippen molar-refractivity contribution in [2.24, 2.45) is 5.73 Å². The summed E-state index contributed by atoms with van der Waals surface area (Å²) in [5.41, 5.74) is 10.1. The Kier molecular flexibility index (Phi) is 7.65. The van der Waals surface area contributed by atoms with Crippen LogP contribution < -0.4 is 32.1 Å². The van der Waals surface area contributed by atoms with Crippen molar-refractivity contribution in [1.82, 2.24) is 10.6 Å². The number of aliphatic hydroxyl groups is 1. The van der Waals surface area contributed by atoms with Gasteiger partial charge in [-0.25, -0.2) is 0 Å². The fourth-order valence-corrected chi connectivity index (χ4v) is 3.67. The van der Waals surface area contributed by atoms with Gasteiger partial charge < -0.3 is 26.8 Å². The first-order chi connectivity index (χ1) is 14.6. The van der Waals surface area contributed by atoms with Crippen molar-refractivity contribution < 1.29 is 9.90 Å². The first kappa shape index (κ1) is 21.6. The van der Waals surface area contributed by atoms with E-state index in [9.17, 15) is 4.79 Å². The number of carbonyl (C=O) groups excluding carboxylic acids is 1. The van der Waals surface area contributed by atoms with Gasteiger partial charge in [-0.2, -0.15) is 0 Å². The van der Waals surface area contributed by atoms with Gasteiger partial charge in [0.15, 0.2) is 0 Å². The lowest BCUT2D eigenvalue weighted by atomic mass is 9.99. The molecule has 158 valence electrons. The van der Waals surface area contributed by atoms with E-state index in [-0.39, 0.29) is 5.91 Å². The maximum Gasteiger partial charge on any atom is 0.245 e. The summed E-state index contributed by atoms with van der Waals surface area (Å²) in [5.74, 6) is -0.383. The van der Waals surface area contributed by atoms with E-state index < -0.39 is 6.61 Å². The SMILES string of the molecule is C=C/C=c1/cc(-c2ccc(CNC(=O)CO)cc2)cc(NC2CCNCC2)/c1=C/N. The zero-order valence-corrected chi connectivity index (χ0v) is 17.2. The minimum atomic E-state index is -0.502. The highest BCUT2D eigenvalue weighted by Gasteiger charge is 2.14. The molecule has 1 aliphatic heterocycles. The predicted octanol–water partition coefficient (Wildman–Crippen LogP) is 0.789. The van der Waals surface area contributed by atoms with Gasteiger partial charge in [-0.1, -0.05) is 43.0 Å². The van der Waals surface area contributed by atoms with E-state index in [4.69, 9.17) is 10.8 Å². The Balaban J connectivity index is 1.93.